The van der Waals surface area contributed by atoms with Gasteiger partial charge in [0.2, 0.25) is 0 Å². The van der Waals surface area contributed by atoms with Gasteiger partial charge in [-0.15, -0.1) is 0 Å². The van der Waals surface area contributed by atoms with Gasteiger partial charge in [-0.25, -0.2) is 8.42 Å². The molecule has 2 aromatic carbocycles. The molecule has 0 heterocycles. The highest BCUT2D eigenvalue weighted by atomic mass is 79.9. The van der Waals surface area contributed by atoms with Crippen molar-refractivity contribution in [1.82, 2.24) is 0 Å². The number of rotatable bonds is 6. The van der Waals surface area contributed by atoms with E-state index in [0.717, 1.165) is 28.6 Å². The third kappa shape index (κ3) is 3.89. The lowest BCUT2D eigenvalue weighted by molar-refractivity contribution is -0.384. The molecule has 0 radical (unpaired) electrons. The smallest absolute Gasteiger partial charge is 0.324 e. The van der Waals surface area contributed by atoms with Crippen LogP contribution in [0.2, 0.25) is 0 Å². The number of benzene rings is 2. The fourth-order valence-electron chi connectivity index (χ4n) is 1.91. The summed E-state index contributed by atoms with van der Waals surface area (Å²) < 4.78 is 26.9. The van der Waals surface area contributed by atoms with Crippen LogP contribution in [-0.4, -0.2) is 31.0 Å². The highest BCUT2D eigenvalue weighted by Gasteiger charge is 2.27. The predicted octanol–water partition coefficient (Wildman–Crippen LogP) is 2.64. The van der Waals surface area contributed by atoms with Crippen molar-refractivity contribution in [3.63, 3.8) is 0 Å². The minimum absolute atomic E-state index is 0.166. The minimum atomic E-state index is -4.19. The molecule has 0 aliphatic carbocycles. The van der Waals surface area contributed by atoms with Gasteiger partial charge in [0.15, 0.2) is 0 Å². The number of aliphatic carboxylic acids is 1. The van der Waals surface area contributed by atoms with Gasteiger partial charge in [-0.3, -0.25) is 19.2 Å². The van der Waals surface area contributed by atoms with Crippen LogP contribution in [0.4, 0.5) is 11.4 Å². The van der Waals surface area contributed by atoms with Gasteiger partial charge in [-0.05, 0) is 36.4 Å². The first-order valence-corrected chi connectivity index (χ1v) is 8.69. The third-order valence-corrected chi connectivity index (χ3v) is 5.35. The number of halogens is 1. The predicted molar refractivity (Wildman–Crippen MR) is 89.4 cm³/mol. The molecule has 0 saturated carbocycles. The molecule has 0 fully saturated rings. The van der Waals surface area contributed by atoms with Crippen LogP contribution in [-0.2, 0) is 14.8 Å². The van der Waals surface area contributed by atoms with Crippen LogP contribution < -0.4 is 4.31 Å². The fraction of sp³-hybridized carbons (Fsp3) is 0.0714. The average Bonchev–Trinajstić information content (AvgIpc) is 2.53. The molecule has 2 rings (SSSR count). The van der Waals surface area contributed by atoms with Gasteiger partial charge in [-0.2, -0.15) is 0 Å². The molecule has 2 aromatic rings. The van der Waals surface area contributed by atoms with Crippen molar-refractivity contribution >= 4 is 43.3 Å². The largest absolute Gasteiger partial charge is 0.480 e. The molecule has 0 amide bonds. The number of non-ortho nitro benzene ring substituents is 1. The maximum Gasteiger partial charge on any atom is 0.324 e. The Morgan fingerprint density at radius 3 is 2.12 bits per heavy atom. The van der Waals surface area contributed by atoms with E-state index in [1.54, 1.807) is 12.1 Å². The number of sulfonamides is 1. The summed E-state index contributed by atoms with van der Waals surface area (Å²) in [5.74, 6) is -1.33. The van der Waals surface area contributed by atoms with Crippen LogP contribution in [0.1, 0.15) is 0 Å². The SMILES string of the molecule is O=C(O)CN(c1ccc(Br)cc1)S(=O)(=O)c1ccc([N+](=O)[O-])cc1. The van der Waals surface area contributed by atoms with Gasteiger partial charge < -0.3 is 5.11 Å². The topological polar surface area (TPSA) is 118 Å². The van der Waals surface area contributed by atoms with Crippen LogP contribution in [0.25, 0.3) is 0 Å². The number of nitrogens with zero attached hydrogens (tertiary/aromatic N) is 2. The molecule has 0 bridgehead atoms. The molecule has 0 atom stereocenters. The number of carboxylic acid groups (broad SMARTS) is 1. The van der Waals surface area contributed by atoms with Crippen LogP contribution in [0.15, 0.2) is 57.9 Å². The highest BCUT2D eigenvalue weighted by molar-refractivity contribution is 9.10. The second-order valence-electron chi connectivity index (χ2n) is 4.63. The molecular formula is C14H11BrN2O6S. The van der Waals surface area contributed by atoms with Crippen molar-refractivity contribution in [2.45, 2.75) is 4.90 Å². The summed E-state index contributed by atoms with van der Waals surface area (Å²) in [5.41, 5.74) is -0.0960. The van der Waals surface area contributed by atoms with E-state index >= 15 is 0 Å². The molecular weight excluding hydrogens is 404 g/mol. The molecule has 1 N–H and O–H groups in total. The summed E-state index contributed by atoms with van der Waals surface area (Å²) in [6.45, 7) is -0.777. The summed E-state index contributed by atoms with van der Waals surface area (Å²) in [4.78, 5) is 20.8. The number of anilines is 1. The Kier molecular flexibility index (Phi) is 5.20. The lowest BCUT2D eigenvalue weighted by atomic mass is 10.3. The van der Waals surface area contributed by atoms with Gasteiger partial charge in [0.25, 0.3) is 15.7 Å². The monoisotopic (exact) mass is 414 g/mol. The summed E-state index contributed by atoms with van der Waals surface area (Å²) >= 11 is 3.21. The van der Waals surface area contributed by atoms with E-state index in [4.69, 9.17) is 5.11 Å². The number of carbonyl (C=O) groups is 1. The van der Waals surface area contributed by atoms with E-state index in [1.807, 2.05) is 0 Å². The summed E-state index contributed by atoms with van der Waals surface area (Å²) in [5, 5.41) is 19.7. The van der Waals surface area contributed by atoms with Crippen molar-refractivity contribution in [2.75, 3.05) is 10.8 Å². The first-order chi connectivity index (χ1) is 11.2. The zero-order chi connectivity index (χ0) is 17.9. The summed E-state index contributed by atoms with van der Waals surface area (Å²) in [7, 11) is -4.19. The molecule has 0 saturated heterocycles. The molecule has 0 aromatic heterocycles. The summed E-state index contributed by atoms with van der Waals surface area (Å²) in [6.07, 6.45) is 0. The zero-order valence-corrected chi connectivity index (χ0v) is 14.4. The summed E-state index contributed by atoms with van der Waals surface area (Å²) in [6, 6.07) is 10.3. The second kappa shape index (κ2) is 6.97. The molecule has 0 aliphatic rings. The Labute approximate surface area is 145 Å². The van der Waals surface area contributed by atoms with Crippen molar-refractivity contribution in [3.05, 3.63) is 63.1 Å². The molecule has 0 aliphatic heterocycles. The van der Waals surface area contributed by atoms with Crippen LogP contribution in [0, 0.1) is 10.1 Å². The van der Waals surface area contributed by atoms with Crippen LogP contribution in [0.3, 0.4) is 0 Å². The Hall–Kier alpha value is -2.46. The van der Waals surface area contributed by atoms with Crippen molar-refractivity contribution in [3.8, 4) is 0 Å². The standard InChI is InChI=1S/C14H11BrN2O6S/c15-10-1-3-11(4-2-10)16(9-14(18)19)24(22,23)13-7-5-12(6-8-13)17(20)21/h1-8H,9H2,(H,18,19). The fourth-order valence-corrected chi connectivity index (χ4v) is 3.59. The van der Waals surface area contributed by atoms with E-state index in [-0.39, 0.29) is 16.3 Å². The Morgan fingerprint density at radius 1 is 1.12 bits per heavy atom. The van der Waals surface area contributed by atoms with Gasteiger partial charge in [0, 0.05) is 16.6 Å². The second-order valence-corrected chi connectivity index (χ2v) is 7.41. The van der Waals surface area contributed by atoms with Gasteiger partial charge >= 0.3 is 5.97 Å². The first-order valence-electron chi connectivity index (χ1n) is 6.46. The van der Waals surface area contributed by atoms with Crippen LogP contribution >= 0.6 is 15.9 Å². The molecule has 24 heavy (non-hydrogen) atoms. The molecule has 0 spiro atoms. The highest BCUT2D eigenvalue weighted by Crippen LogP contribution is 2.26. The van der Waals surface area contributed by atoms with E-state index in [2.05, 4.69) is 15.9 Å². The van der Waals surface area contributed by atoms with Gasteiger partial charge in [0.1, 0.15) is 6.54 Å². The molecule has 126 valence electrons. The number of hydrogen-bond donors (Lipinski definition) is 1. The van der Waals surface area contributed by atoms with E-state index in [9.17, 15) is 23.3 Å². The zero-order valence-electron chi connectivity index (χ0n) is 12.0. The van der Waals surface area contributed by atoms with E-state index in [1.165, 1.54) is 12.1 Å². The van der Waals surface area contributed by atoms with Crippen LogP contribution in [0.5, 0.6) is 0 Å². The van der Waals surface area contributed by atoms with E-state index in [0.29, 0.717) is 4.47 Å². The molecule has 8 nitrogen and oxygen atoms in total. The Balaban J connectivity index is 2.48. The molecule has 10 heteroatoms. The number of carboxylic acids is 1. The van der Waals surface area contributed by atoms with Gasteiger partial charge in [0.05, 0.1) is 15.5 Å². The molecule has 0 unspecified atom stereocenters. The van der Waals surface area contributed by atoms with Crippen molar-refractivity contribution < 1.29 is 23.2 Å². The quantitative estimate of drug-likeness (QED) is 0.573. The lowest BCUT2D eigenvalue weighted by Crippen LogP contribution is -2.35. The maximum atomic E-state index is 12.7. The lowest BCUT2D eigenvalue weighted by Gasteiger charge is -2.22. The average molecular weight is 415 g/mol. The Bertz CT molecular complexity index is 865. The van der Waals surface area contributed by atoms with Crippen molar-refractivity contribution in [1.29, 1.82) is 0 Å². The number of nitro groups is 1. The minimum Gasteiger partial charge on any atom is -0.480 e. The maximum absolute atomic E-state index is 12.7. The van der Waals surface area contributed by atoms with Crippen molar-refractivity contribution in [2.24, 2.45) is 0 Å². The number of hydrogen-bond acceptors (Lipinski definition) is 5. The third-order valence-electron chi connectivity index (χ3n) is 3.03. The van der Waals surface area contributed by atoms with E-state index < -0.39 is 27.5 Å². The number of nitro benzene ring substituents is 1. The normalized spacial score (nSPS) is 11.0. The first kappa shape index (κ1) is 17.9. The Morgan fingerprint density at radius 2 is 1.67 bits per heavy atom. The van der Waals surface area contributed by atoms with Gasteiger partial charge in [-0.1, -0.05) is 15.9 Å².